The van der Waals surface area contributed by atoms with Crippen molar-refractivity contribution in [1.82, 2.24) is 9.80 Å². The molecule has 3 amide bonds. The first-order valence-electron chi connectivity index (χ1n) is 10.8. The topological polar surface area (TPSA) is 84.0 Å². The van der Waals surface area contributed by atoms with E-state index in [1.807, 2.05) is 6.92 Å². The second kappa shape index (κ2) is 9.05. The molecule has 156 valence electrons. The van der Waals surface area contributed by atoms with E-state index in [1.165, 1.54) is 13.3 Å². The standard InChI is InChI=1S/C21H32N2O5/c1-3-22(15-9-5-4-6-10-15)18(24)13-28-21(27)14(2)23-19(25)16-11-7-8-12-17(16)20(23)26/h14-17H,3-13H2,1-2H3. The second-order valence-corrected chi connectivity index (χ2v) is 8.30. The summed E-state index contributed by atoms with van der Waals surface area (Å²) in [6.45, 7) is 3.69. The van der Waals surface area contributed by atoms with Gasteiger partial charge >= 0.3 is 5.97 Å². The van der Waals surface area contributed by atoms with E-state index in [0.29, 0.717) is 19.4 Å². The number of imide groups is 1. The molecule has 0 bridgehead atoms. The van der Waals surface area contributed by atoms with Gasteiger partial charge in [-0.15, -0.1) is 0 Å². The molecule has 1 heterocycles. The number of hydrogen-bond donors (Lipinski definition) is 0. The van der Waals surface area contributed by atoms with Gasteiger partial charge in [-0.25, -0.2) is 4.79 Å². The van der Waals surface area contributed by atoms with Crippen molar-refractivity contribution in [3.05, 3.63) is 0 Å². The summed E-state index contributed by atoms with van der Waals surface area (Å²) in [4.78, 5) is 53.1. The van der Waals surface area contributed by atoms with Crippen molar-refractivity contribution in [2.24, 2.45) is 11.8 Å². The van der Waals surface area contributed by atoms with Gasteiger partial charge in [-0.05, 0) is 39.5 Å². The monoisotopic (exact) mass is 392 g/mol. The number of esters is 1. The molecule has 0 radical (unpaired) electrons. The number of likely N-dealkylation sites (tertiary alicyclic amines) is 1. The Kier molecular flexibility index (Phi) is 6.73. The first-order valence-corrected chi connectivity index (χ1v) is 10.8. The largest absolute Gasteiger partial charge is 0.454 e. The van der Waals surface area contributed by atoms with Gasteiger partial charge in [-0.2, -0.15) is 0 Å². The third-order valence-electron chi connectivity index (χ3n) is 6.62. The zero-order valence-corrected chi connectivity index (χ0v) is 17.0. The zero-order valence-electron chi connectivity index (χ0n) is 17.0. The molecule has 3 aliphatic rings. The Morgan fingerprint density at radius 1 is 1.00 bits per heavy atom. The summed E-state index contributed by atoms with van der Waals surface area (Å²) < 4.78 is 5.23. The number of nitrogens with zero attached hydrogens (tertiary/aromatic N) is 2. The van der Waals surface area contributed by atoms with E-state index in [-0.39, 0.29) is 42.2 Å². The SMILES string of the molecule is CCN(C(=O)COC(=O)C(C)N1C(=O)C2CCCCC2C1=O)C1CCCCC1. The van der Waals surface area contributed by atoms with Crippen LogP contribution in [0.3, 0.4) is 0 Å². The number of amides is 3. The minimum atomic E-state index is -0.983. The molecular formula is C21H32N2O5. The maximum absolute atomic E-state index is 12.6. The van der Waals surface area contributed by atoms with Crippen molar-refractivity contribution >= 4 is 23.7 Å². The van der Waals surface area contributed by atoms with E-state index in [0.717, 1.165) is 43.4 Å². The van der Waals surface area contributed by atoms with Crippen molar-refractivity contribution in [1.29, 1.82) is 0 Å². The average molecular weight is 392 g/mol. The molecule has 3 rings (SSSR count). The average Bonchev–Trinajstić information content (AvgIpc) is 2.97. The van der Waals surface area contributed by atoms with Gasteiger partial charge in [0.15, 0.2) is 6.61 Å². The van der Waals surface area contributed by atoms with Crippen LogP contribution in [0.5, 0.6) is 0 Å². The van der Waals surface area contributed by atoms with E-state index in [1.54, 1.807) is 4.90 Å². The lowest BCUT2D eigenvalue weighted by Crippen LogP contribution is -2.46. The fourth-order valence-corrected chi connectivity index (χ4v) is 5.04. The van der Waals surface area contributed by atoms with Crippen LogP contribution in [-0.4, -0.2) is 58.7 Å². The Balaban J connectivity index is 1.55. The minimum Gasteiger partial charge on any atom is -0.454 e. The predicted molar refractivity (Wildman–Crippen MR) is 102 cm³/mol. The van der Waals surface area contributed by atoms with Gasteiger partial charge in [0.05, 0.1) is 11.8 Å². The van der Waals surface area contributed by atoms with Gasteiger partial charge in [-0.3, -0.25) is 19.3 Å². The number of ether oxygens (including phenoxy) is 1. The first-order chi connectivity index (χ1) is 13.5. The Morgan fingerprint density at radius 2 is 1.54 bits per heavy atom. The molecule has 1 aliphatic heterocycles. The molecule has 3 atom stereocenters. The highest BCUT2D eigenvalue weighted by Gasteiger charge is 2.51. The van der Waals surface area contributed by atoms with Crippen molar-refractivity contribution in [3.8, 4) is 0 Å². The van der Waals surface area contributed by atoms with E-state index in [9.17, 15) is 19.2 Å². The number of hydrogen-bond acceptors (Lipinski definition) is 5. The summed E-state index contributed by atoms with van der Waals surface area (Å²) in [6.07, 6.45) is 8.71. The van der Waals surface area contributed by atoms with E-state index < -0.39 is 12.0 Å². The molecule has 28 heavy (non-hydrogen) atoms. The summed E-state index contributed by atoms with van der Waals surface area (Å²) in [6, 6.07) is -0.768. The minimum absolute atomic E-state index is 0.206. The highest BCUT2D eigenvalue weighted by molar-refractivity contribution is 6.07. The number of carbonyl (C=O) groups is 4. The van der Waals surface area contributed by atoms with Crippen molar-refractivity contribution in [2.75, 3.05) is 13.2 Å². The van der Waals surface area contributed by atoms with Crippen LogP contribution in [0.4, 0.5) is 0 Å². The highest BCUT2D eigenvalue weighted by Crippen LogP contribution is 2.38. The molecule has 0 N–H and O–H groups in total. The molecule has 7 heteroatoms. The number of likely N-dealkylation sites (N-methyl/N-ethyl adjacent to an activating group) is 1. The van der Waals surface area contributed by atoms with E-state index >= 15 is 0 Å². The summed E-state index contributed by atoms with van der Waals surface area (Å²) in [5.74, 6) is -2.00. The Morgan fingerprint density at radius 3 is 2.07 bits per heavy atom. The lowest BCUT2D eigenvalue weighted by molar-refractivity contribution is -0.161. The molecule has 0 aromatic carbocycles. The van der Waals surface area contributed by atoms with Crippen LogP contribution in [0.25, 0.3) is 0 Å². The molecule has 3 unspecified atom stereocenters. The maximum atomic E-state index is 12.6. The number of carbonyl (C=O) groups excluding carboxylic acids is 4. The summed E-state index contributed by atoms with van der Waals surface area (Å²) in [5.41, 5.74) is 0. The smallest absolute Gasteiger partial charge is 0.329 e. The van der Waals surface area contributed by atoms with Crippen molar-refractivity contribution in [2.45, 2.75) is 83.7 Å². The van der Waals surface area contributed by atoms with Gasteiger partial charge in [0.25, 0.3) is 5.91 Å². The first kappa shape index (κ1) is 20.8. The molecule has 0 aromatic rings. The Labute approximate surface area is 166 Å². The predicted octanol–water partition coefficient (Wildman–Crippen LogP) is 2.27. The fraction of sp³-hybridized carbons (Fsp3) is 0.810. The fourth-order valence-electron chi connectivity index (χ4n) is 5.04. The molecule has 0 aromatic heterocycles. The van der Waals surface area contributed by atoms with Crippen molar-refractivity contribution < 1.29 is 23.9 Å². The third-order valence-corrected chi connectivity index (χ3v) is 6.62. The summed E-state index contributed by atoms with van der Waals surface area (Å²) in [7, 11) is 0. The van der Waals surface area contributed by atoms with Crippen LogP contribution in [-0.2, 0) is 23.9 Å². The lowest BCUT2D eigenvalue weighted by atomic mass is 9.81. The van der Waals surface area contributed by atoms with Gasteiger partial charge in [0.2, 0.25) is 11.8 Å². The molecule has 2 aliphatic carbocycles. The second-order valence-electron chi connectivity index (χ2n) is 8.30. The van der Waals surface area contributed by atoms with Gasteiger partial charge < -0.3 is 9.64 Å². The Hall–Kier alpha value is -1.92. The Bertz CT molecular complexity index is 604. The maximum Gasteiger partial charge on any atom is 0.329 e. The molecule has 0 spiro atoms. The van der Waals surface area contributed by atoms with Gasteiger partial charge in [-0.1, -0.05) is 32.1 Å². The zero-order chi connectivity index (χ0) is 20.3. The van der Waals surface area contributed by atoms with Crippen LogP contribution < -0.4 is 0 Å². The quantitative estimate of drug-likeness (QED) is 0.511. The molecule has 1 saturated heterocycles. The summed E-state index contributed by atoms with van der Waals surface area (Å²) >= 11 is 0. The number of fused-ring (bicyclic) bond motifs is 1. The van der Waals surface area contributed by atoms with E-state index in [2.05, 4.69) is 0 Å². The highest BCUT2D eigenvalue weighted by atomic mass is 16.5. The molecule has 3 fully saturated rings. The van der Waals surface area contributed by atoms with Crippen LogP contribution >= 0.6 is 0 Å². The van der Waals surface area contributed by atoms with Crippen LogP contribution in [0.1, 0.15) is 71.6 Å². The normalized spacial score (nSPS) is 26.7. The molecular weight excluding hydrogens is 360 g/mol. The molecule has 2 saturated carbocycles. The van der Waals surface area contributed by atoms with Gasteiger partial charge in [0, 0.05) is 12.6 Å². The van der Waals surface area contributed by atoms with Crippen LogP contribution in [0.2, 0.25) is 0 Å². The van der Waals surface area contributed by atoms with Gasteiger partial charge in [0.1, 0.15) is 6.04 Å². The summed E-state index contributed by atoms with van der Waals surface area (Å²) in [5, 5.41) is 0. The molecule has 7 nitrogen and oxygen atoms in total. The van der Waals surface area contributed by atoms with E-state index in [4.69, 9.17) is 4.74 Å². The van der Waals surface area contributed by atoms with Crippen molar-refractivity contribution in [3.63, 3.8) is 0 Å². The number of rotatable bonds is 6. The van der Waals surface area contributed by atoms with Crippen LogP contribution in [0, 0.1) is 11.8 Å². The van der Waals surface area contributed by atoms with Crippen LogP contribution in [0.15, 0.2) is 0 Å². The lowest BCUT2D eigenvalue weighted by Gasteiger charge is -2.33. The third kappa shape index (κ3) is 4.08.